The third kappa shape index (κ3) is 5.27. The summed E-state index contributed by atoms with van der Waals surface area (Å²) < 4.78 is 6.42. The van der Waals surface area contributed by atoms with Crippen LogP contribution in [0.4, 0.5) is 5.82 Å². The molecule has 1 atom stereocenters. The van der Waals surface area contributed by atoms with Gasteiger partial charge in [0.05, 0.1) is 16.5 Å². The molecular formula is C23H26ClN5O2S. The zero-order valence-electron chi connectivity index (χ0n) is 17.9. The lowest BCUT2D eigenvalue weighted by Crippen LogP contribution is -2.58. The molecule has 1 aliphatic heterocycles. The third-order valence-electron chi connectivity index (χ3n) is 5.50. The highest BCUT2D eigenvalue weighted by Gasteiger charge is 2.34. The van der Waals surface area contributed by atoms with Crippen LogP contribution < -0.4 is 5.73 Å². The number of ether oxygens (including phenoxy) is 1. The van der Waals surface area contributed by atoms with E-state index in [-0.39, 0.29) is 11.9 Å². The number of fused-ring (bicyclic) bond motifs is 1. The summed E-state index contributed by atoms with van der Waals surface area (Å²) in [5, 5.41) is 0.820. The Morgan fingerprint density at radius 1 is 1.28 bits per heavy atom. The molecule has 1 saturated heterocycles. The van der Waals surface area contributed by atoms with Crippen molar-refractivity contribution >= 4 is 51.6 Å². The molecule has 0 spiro atoms. The van der Waals surface area contributed by atoms with Crippen molar-refractivity contribution in [1.29, 1.82) is 0 Å². The van der Waals surface area contributed by atoms with Crippen molar-refractivity contribution in [2.75, 3.05) is 38.6 Å². The number of halogens is 1. The molecule has 0 unspecified atom stereocenters. The van der Waals surface area contributed by atoms with Crippen LogP contribution in [0.3, 0.4) is 0 Å². The third-order valence-corrected chi connectivity index (χ3v) is 6.69. The Morgan fingerprint density at radius 2 is 2.16 bits per heavy atom. The van der Waals surface area contributed by atoms with E-state index in [1.807, 2.05) is 48.2 Å². The molecule has 1 fully saturated rings. The van der Waals surface area contributed by atoms with E-state index in [9.17, 15) is 4.79 Å². The minimum atomic E-state index is -0.307. The van der Waals surface area contributed by atoms with Crippen LogP contribution in [-0.2, 0) is 16.1 Å². The normalized spacial score (nSPS) is 17.6. The molecule has 4 rings (SSSR count). The maximum Gasteiger partial charge on any atom is 0.242 e. The Morgan fingerprint density at radius 3 is 2.94 bits per heavy atom. The number of nitrogens with zero attached hydrogens (tertiary/aromatic N) is 4. The van der Waals surface area contributed by atoms with Gasteiger partial charge in [-0.05, 0) is 42.8 Å². The van der Waals surface area contributed by atoms with Crippen molar-refractivity contribution in [2.45, 2.75) is 19.5 Å². The van der Waals surface area contributed by atoms with Gasteiger partial charge in [-0.15, -0.1) is 11.3 Å². The van der Waals surface area contributed by atoms with Gasteiger partial charge < -0.3 is 15.4 Å². The minimum Gasteiger partial charge on any atom is -0.383 e. The van der Waals surface area contributed by atoms with E-state index >= 15 is 0 Å². The van der Waals surface area contributed by atoms with E-state index in [0.29, 0.717) is 38.7 Å². The number of piperazine rings is 1. The molecular weight excluding hydrogens is 446 g/mol. The smallest absolute Gasteiger partial charge is 0.242 e. The van der Waals surface area contributed by atoms with E-state index in [1.54, 1.807) is 0 Å². The van der Waals surface area contributed by atoms with Crippen LogP contribution in [0.15, 0.2) is 42.7 Å². The first-order chi connectivity index (χ1) is 15.5. The lowest BCUT2D eigenvalue weighted by atomic mass is 10.1. The zero-order valence-corrected chi connectivity index (χ0v) is 19.5. The first kappa shape index (κ1) is 22.7. The predicted molar refractivity (Wildman–Crippen MR) is 130 cm³/mol. The molecule has 1 amide bonds. The summed E-state index contributed by atoms with van der Waals surface area (Å²) in [6.45, 7) is 5.54. The fourth-order valence-electron chi connectivity index (χ4n) is 3.83. The van der Waals surface area contributed by atoms with Gasteiger partial charge in [0.25, 0.3) is 0 Å². The molecule has 3 aromatic rings. The summed E-state index contributed by atoms with van der Waals surface area (Å²) >= 11 is 7.54. The highest BCUT2D eigenvalue weighted by Crippen LogP contribution is 2.23. The first-order valence-corrected chi connectivity index (χ1v) is 11.8. The van der Waals surface area contributed by atoms with Crippen LogP contribution in [0.1, 0.15) is 17.4 Å². The maximum atomic E-state index is 13.3. The van der Waals surface area contributed by atoms with E-state index in [1.165, 1.54) is 17.7 Å². The summed E-state index contributed by atoms with van der Waals surface area (Å²) in [5.41, 5.74) is 7.72. The number of hydrogen-bond acceptors (Lipinski definition) is 7. The Kier molecular flexibility index (Phi) is 7.36. The van der Waals surface area contributed by atoms with E-state index < -0.39 is 0 Å². The number of nitrogens with two attached hydrogens (primary N) is 1. The number of amides is 1. The lowest BCUT2D eigenvalue weighted by Gasteiger charge is -2.40. The molecule has 0 radical (unpaired) electrons. The number of thiophene rings is 1. The summed E-state index contributed by atoms with van der Waals surface area (Å²) in [4.78, 5) is 26.8. The van der Waals surface area contributed by atoms with Gasteiger partial charge in [0.1, 0.15) is 18.2 Å². The second-order valence-corrected chi connectivity index (χ2v) is 9.33. The average molecular weight is 472 g/mol. The SMILES string of the molecule is CCOC[C@H]1C(=O)N(Cc2ccc3c(N)ncnc3c2)CCN1CC=Cc1ccc(Cl)s1. The van der Waals surface area contributed by atoms with Crippen molar-refractivity contribution < 1.29 is 9.53 Å². The summed E-state index contributed by atoms with van der Waals surface area (Å²) in [6.07, 6.45) is 5.59. The fraction of sp³-hybridized carbons (Fsp3) is 0.348. The molecule has 9 heteroatoms. The van der Waals surface area contributed by atoms with Crippen LogP contribution in [0.2, 0.25) is 4.34 Å². The molecule has 3 heterocycles. The second kappa shape index (κ2) is 10.4. The quantitative estimate of drug-likeness (QED) is 0.539. The van der Waals surface area contributed by atoms with Crippen molar-refractivity contribution in [3.8, 4) is 0 Å². The summed E-state index contributed by atoms with van der Waals surface area (Å²) in [6, 6.07) is 9.44. The highest BCUT2D eigenvalue weighted by molar-refractivity contribution is 7.16. The second-order valence-electron chi connectivity index (χ2n) is 7.58. The molecule has 168 valence electrons. The van der Waals surface area contributed by atoms with Gasteiger partial charge in [-0.25, -0.2) is 9.97 Å². The topological polar surface area (TPSA) is 84.6 Å². The largest absolute Gasteiger partial charge is 0.383 e. The molecule has 7 nitrogen and oxygen atoms in total. The fourth-order valence-corrected chi connectivity index (χ4v) is 4.82. The summed E-state index contributed by atoms with van der Waals surface area (Å²) in [7, 11) is 0. The van der Waals surface area contributed by atoms with Gasteiger partial charge in [-0.1, -0.05) is 23.7 Å². The van der Waals surface area contributed by atoms with E-state index in [2.05, 4.69) is 20.9 Å². The first-order valence-electron chi connectivity index (χ1n) is 10.6. The monoisotopic (exact) mass is 471 g/mol. The number of hydrogen-bond donors (Lipinski definition) is 1. The maximum absolute atomic E-state index is 13.3. The van der Waals surface area contributed by atoms with Crippen molar-refractivity contribution in [3.63, 3.8) is 0 Å². The number of anilines is 1. The van der Waals surface area contributed by atoms with Crippen LogP contribution >= 0.6 is 22.9 Å². The minimum absolute atomic E-state index is 0.0829. The molecule has 2 N–H and O–H groups in total. The molecule has 0 saturated carbocycles. The van der Waals surface area contributed by atoms with Gasteiger partial charge in [-0.2, -0.15) is 0 Å². The Balaban J connectivity index is 1.45. The van der Waals surface area contributed by atoms with Crippen LogP contribution in [0.25, 0.3) is 17.0 Å². The zero-order chi connectivity index (χ0) is 22.5. The number of benzene rings is 1. The van der Waals surface area contributed by atoms with Crippen molar-refractivity contribution in [2.24, 2.45) is 0 Å². The molecule has 1 aliphatic rings. The Bertz CT molecular complexity index is 1120. The van der Waals surface area contributed by atoms with Crippen LogP contribution in [0, 0.1) is 0 Å². The number of nitrogen functional groups attached to an aromatic ring is 1. The van der Waals surface area contributed by atoms with Gasteiger partial charge in [0.2, 0.25) is 5.91 Å². The van der Waals surface area contributed by atoms with E-state index in [4.69, 9.17) is 22.1 Å². The van der Waals surface area contributed by atoms with Crippen molar-refractivity contribution in [3.05, 3.63) is 57.5 Å². The molecule has 1 aromatic carbocycles. The standard InChI is InChI=1S/C23H26ClN5O2S/c1-2-31-14-20-23(30)29(11-10-28(20)9-3-4-17-6-8-21(24)32-17)13-16-5-7-18-19(12-16)26-15-27-22(18)25/h3-8,12,15,20H,2,9-11,13-14H2,1H3,(H2,25,26,27)/t20-/m0/s1. The highest BCUT2D eigenvalue weighted by atomic mass is 35.5. The molecule has 2 aromatic heterocycles. The molecule has 32 heavy (non-hydrogen) atoms. The van der Waals surface area contributed by atoms with Gasteiger partial charge in [0, 0.05) is 43.0 Å². The predicted octanol–water partition coefficient (Wildman–Crippen LogP) is 3.69. The number of rotatable bonds is 8. The number of aromatic nitrogens is 2. The van der Waals surface area contributed by atoms with Crippen molar-refractivity contribution in [1.82, 2.24) is 19.8 Å². The van der Waals surface area contributed by atoms with Crippen LogP contribution in [-0.4, -0.2) is 64.6 Å². The number of carbonyl (C=O) groups is 1. The molecule has 0 aliphatic carbocycles. The van der Waals surface area contributed by atoms with Gasteiger partial charge >= 0.3 is 0 Å². The summed E-state index contributed by atoms with van der Waals surface area (Å²) in [5.74, 6) is 0.542. The van der Waals surface area contributed by atoms with Crippen LogP contribution in [0.5, 0.6) is 0 Å². The Labute approximate surface area is 196 Å². The van der Waals surface area contributed by atoms with Gasteiger partial charge in [0.15, 0.2) is 0 Å². The number of carbonyl (C=O) groups excluding carboxylic acids is 1. The van der Waals surface area contributed by atoms with E-state index in [0.717, 1.165) is 32.2 Å². The molecule has 0 bridgehead atoms. The lowest BCUT2D eigenvalue weighted by molar-refractivity contribution is -0.145. The Hall–Kier alpha value is -2.52. The average Bonchev–Trinajstić information content (AvgIpc) is 3.20. The van der Waals surface area contributed by atoms with Gasteiger partial charge in [-0.3, -0.25) is 9.69 Å².